The second-order valence-corrected chi connectivity index (χ2v) is 4.10. The molecule has 0 aliphatic carbocycles. The summed E-state index contributed by atoms with van der Waals surface area (Å²) in [5.41, 5.74) is 0.555. The topological polar surface area (TPSA) is 50.4 Å². The molecule has 112 valence electrons. The largest absolute Gasteiger partial charge is 0.489 e. The van der Waals surface area contributed by atoms with Gasteiger partial charge in [0.05, 0.1) is 5.56 Å². The van der Waals surface area contributed by atoms with E-state index in [-0.39, 0.29) is 18.3 Å². The zero-order valence-corrected chi connectivity index (χ0v) is 12.7. The van der Waals surface area contributed by atoms with Crippen molar-refractivity contribution in [3.63, 3.8) is 0 Å². The fraction of sp³-hybridized carbons (Fsp3) is 0.400. The molecule has 1 aromatic rings. The van der Waals surface area contributed by atoms with Gasteiger partial charge in [-0.2, -0.15) is 0 Å². The van der Waals surface area contributed by atoms with Crippen molar-refractivity contribution in [1.82, 2.24) is 10.6 Å². The van der Waals surface area contributed by atoms with E-state index >= 15 is 0 Å². The van der Waals surface area contributed by atoms with E-state index < -0.39 is 0 Å². The van der Waals surface area contributed by atoms with Crippen LogP contribution < -0.4 is 15.4 Å². The standard InChI is InChI=1S/C15H22N2O2.ClH/c1-3-9-16-10-11-17-15(18)13-7-5-6-8-14(13)19-12-4-2;/h4-8,16H,2-3,9-12H2,1H3,(H,17,18);1H. The van der Waals surface area contributed by atoms with Gasteiger partial charge in [-0.1, -0.05) is 31.7 Å². The Morgan fingerprint density at radius 3 is 2.75 bits per heavy atom. The van der Waals surface area contributed by atoms with E-state index in [0.717, 1.165) is 19.5 Å². The van der Waals surface area contributed by atoms with Crippen molar-refractivity contribution in [1.29, 1.82) is 0 Å². The minimum absolute atomic E-state index is 0. The van der Waals surface area contributed by atoms with Gasteiger partial charge in [-0.25, -0.2) is 0 Å². The van der Waals surface area contributed by atoms with E-state index in [0.29, 0.717) is 24.5 Å². The van der Waals surface area contributed by atoms with Crippen LogP contribution in [0.4, 0.5) is 0 Å². The average Bonchev–Trinajstić information content (AvgIpc) is 2.45. The van der Waals surface area contributed by atoms with Crippen molar-refractivity contribution in [2.75, 3.05) is 26.2 Å². The lowest BCUT2D eigenvalue weighted by molar-refractivity contribution is 0.0950. The molecule has 0 heterocycles. The summed E-state index contributed by atoms with van der Waals surface area (Å²) in [5.74, 6) is 0.472. The van der Waals surface area contributed by atoms with Crippen LogP contribution in [0.1, 0.15) is 23.7 Å². The van der Waals surface area contributed by atoms with Crippen molar-refractivity contribution < 1.29 is 9.53 Å². The van der Waals surface area contributed by atoms with Crippen LogP contribution in [0.2, 0.25) is 0 Å². The molecule has 1 aromatic carbocycles. The van der Waals surface area contributed by atoms with Crippen molar-refractivity contribution in [3.8, 4) is 5.75 Å². The number of benzene rings is 1. The van der Waals surface area contributed by atoms with E-state index in [2.05, 4.69) is 24.1 Å². The van der Waals surface area contributed by atoms with Crippen LogP contribution >= 0.6 is 12.4 Å². The molecule has 1 amide bonds. The smallest absolute Gasteiger partial charge is 0.255 e. The summed E-state index contributed by atoms with van der Waals surface area (Å²) >= 11 is 0. The molecule has 0 bridgehead atoms. The Balaban J connectivity index is 0.00000361. The fourth-order valence-electron chi connectivity index (χ4n) is 1.59. The highest BCUT2D eigenvalue weighted by Crippen LogP contribution is 2.17. The number of para-hydroxylation sites is 1. The number of hydrogen-bond donors (Lipinski definition) is 2. The molecule has 0 aromatic heterocycles. The molecule has 0 spiro atoms. The maximum Gasteiger partial charge on any atom is 0.255 e. The van der Waals surface area contributed by atoms with E-state index in [9.17, 15) is 4.79 Å². The zero-order valence-electron chi connectivity index (χ0n) is 11.9. The van der Waals surface area contributed by atoms with Crippen molar-refractivity contribution in [3.05, 3.63) is 42.5 Å². The van der Waals surface area contributed by atoms with Crippen LogP contribution in [0.5, 0.6) is 5.75 Å². The van der Waals surface area contributed by atoms with Crippen LogP contribution in [-0.4, -0.2) is 32.1 Å². The second-order valence-electron chi connectivity index (χ2n) is 4.10. The molecule has 0 saturated heterocycles. The average molecular weight is 299 g/mol. The quantitative estimate of drug-likeness (QED) is 0.544. The summed E-state index contributed by atoms with van der Waals surface area (Å²) < 4.78 is 5.46. The van der Waals surface area contributed by atoms with E-state index in [1.165, 1.54) is 0 Å². The number of carbonyl (C=O) groups is 1. The fourth-order valence-corrected chi connectivity index (χ4v) is 1.59. The highest BCUT2D eigenvalue weighted by atomic mass is 35.5. The first-order chi connectivity index (χ1) is 9.29. The molecule has 0 atom stereocenters. The van der Waals surface area contributed by atoms with Gasteiger partial charge < -0.3 is 15.4 Å². The van der Waals surface area contributed by atoms with Crippen LogP contribution in [0, 0.1) is 0 Å². The Morgan fingerprint density at radius 2 is 2.05 bits per heavy atom. The predicted octanol–water partition coefficient (Wildman–Crippen LogP) is 2.40. The summed E-state index contributed by atoms with van der Waals surface area (Å²) in [5, 5.41) is 6.10. The molecule has 1 rings (SSSR count). The number of ether oxygens (including phenoxy) is 1. The minimum Gasteiger partial charge on any atom is -0.489 e. The highest BCUT2D eigenvalue weighted by molar-refractivity contribution is 5.96. The Hall–Kier alpha value is -1.52. The van der Waals surface area contributed by atoms with Crippen molar-refractivity contribution >= 4 is 18.3 Å². The SMILES string of the molecule is C=CCOc1ccccc1C(=O)NCCNCCC.Cl. The zero-order chi connectivity index (χ0) is 13.9. The predicted molar refractivity (Wildman–Crippen MR) is 84.9 cm³/mol. The first-order valence-electron chi connectivity index (χ1n) is 6.61. The third-order valence-corrected chi connectivity index (χ3v) is 2.50. The van der Waals surface area contributed by atoms with Crippen LogP contribution in [0.3, 0.4) is 0 Å². The molecule has 0 aliphatic heterocycles. The third kappa shape index (κ3) is 6.59. The van der Waals surface area contributed by atoms with Gasteiger partial charge in [0, 0.05) is 13.1 Å². The van der Waals surface area contributed by atoms with Gasteiger partial charge in [0.1, 0.15) is 12.4 Å². The molecular formula is C15H23ClN2O2. The van der Waals surface area contributed by atoms with Gasteiger partial charge in [-0.05, 0) is 25.1 Å². The Morgan fingerprint density at radius 1 is 1.30 bits per heavy atom. The molecule has 0 radical (unpaired) electrons. The van der Waals surface area contributed by atoms with Crippen molar-refractivity contribution in [2.24, 2.45) is 0 Å². The Bertz CT molecular complexity index is 411. The van der Waals surface area contributed by atoms with Gasteiger partial charge in [-0.15, -0.1) is 12.4 Å². The lowest BCUT2D eigenvalue weighted by Crippen LogP contribution is -2.32. The minimum atomic E-state index is -0.113. The molecule has 0 saturated carbocycles. The molecular weight excluding hydrogens is 276 g/mol. The molecule has 4 nitrogen and oxygen atoms in total. The number of halogens is 1. The highest BCUT2D eigenvalue weighted by Gasteiger charge is 2.10. The van der Waals surface area contributed by atoms with E-state index in [4.69, 9.17) is 4.74 Å². The lowest BCUT2D eigenvalue weighted by atomic mass is 10.2. The molecule has 0 fully saturated rings. The van der Waals surface area contributed by atoms with Gasteiger partial charge in [-0.3, -0.25) is 4.79 Å². The second kappa shape index (κ2) is 11.3. The summed E-state index contributed by atoms with van der Waals surface area (Å²) in [6.45, 7) is 8.44. The van der Waals surface area contributed by atoms with Gasteiger partial charge >= 0.3 is 0 Å². The number of carbonyl (C=O) groups excluding carboxylic acids is 1. The summed E-state index contributed by atoms with van der Waals surface area (Å²) in [4.78, 5) is 12.0. The van der Waals surface area contributed by atoms with Crippen LogP contribution in [0.15, 0.2) is 36.9 Å². The monoisotopic (exact) mass is 298 g/mol. The first-order valence-corrected chi connectivity index (χ1v) is 6.61. The van der Waals surface area contributed by atoms with Gasteiger partial charge in [0.2, 0.25) is 0 Å². The lowest BCUT2D eigenvalue weighted by Gasteiger charge is -2.10. The van der Waals surface area contributed by atoms with Gasteiger partial charge in [0.25, 0.3) is 5.91 Å². The molecule has 20 heavy (non-hydrogen) atoms. The van der Waals surface area contributed by atoms with E-state index in [1.54, 1.807) is 18.2 Å². The summed E-state index contributed by atoms with van der Waals surface area (Å²) in [7, 11) is 0. The number of hydrogen-bond acceptors (Lipinski definition) is 3. The molecule has 2 N–H and O–H groups in total. The van der Waals surface area contributed by atoms with Gasteiger partial charge in [0.15, 0.2) is 0 Å². The number of rotatable bonds is 9. The first kappa shape index (κ1) is 18.5. The molecule has 0 aliphatic rings. The summed E-state index contributed by atoms with van der Waals surface area (Å²) in [6, 6.07) is 7.21. The maximum absolute atomic E-state index is 12.0. The Kier molecular flexibility index (Phi) is 10.5. The number of amides is 1. The Labute approximate surface area is 127 Å². The molecule has 0 unspecified atom stereocenters. The normalized spacial score (nSPS) is 9.45. The third-order valence-electron chi connectivity index (χ3n) is 2.50. The maximum atomic E-state index is 12.0. The molecule has 5 heteroatoms. The summed E-state index contributed by atoms with van der Waals surface area (Å²) in [6.07, 6.45) is 2.75. The number of nitrogens with one attached hydrogen (secondary N) is 2. The van der Waals surface area contributed by atoms with Crippen LogP contribution in [-0.2, 0) is 0 Å². The van der Waals surface area contributed by atoms with Crippen molar-refractivity contribution in [2.45, 2.75) is 13.3 Å². The van der Waals surface area contributed by atoms with E-state index in [1.807, 2.05) is 12.1 Å². The van der Waals surface area contributed by atoms with Crippen LogP contribution in [0.25, 0.3) is 0 Å².